The van der Waals surface area contributed by atoms with Gasteiger partial charge in [0, 0.05) is 37.9 Å². The number of carboxylic acids is 2. The molecule has 4 rings (SSSR count). The Morgan fingerprint density at radius 1 is 0.977 bits per heavy atom. The van der Waals surface area contributed by atoms with Gasteiger partial charge in [-0.1, -0.05) is 38.1 Å². The maximum atomic E-state index is 13.7. The third-order valence-corrected chi connectivity index (χ3v) is 9.11. The average Bonchev–Trinajstić information content (AvgIpc) is 3.08. The summed E-state index contributed by atoms with van der Waals surface area (Å²) in [6.45, 7) is 6.81. The highest BCUT2D eigenvalue weighted by Crippen LogP contribution is 2.52. The van der Waals surface area contributed by atoms with Crippen LogP contribution >= 0.6 is 0 Å². The number of aromatic nitrogens is 1. The lowest BCUT2D eigenvalue weighted by Gasteiger charge is -2.39. The molecule has 0 saturated carbocycles. The molecule has 10 nitrogen and oxygen atoms in total. The second-order valence-corrected chi connectivity index (χ2v) is 12.2. The molecule has 17 heteroatoms. The number of rotatable bonds is 5. The summed E-state index contributed by atoms with van der Waals surface area (Å²) in [6, 6.07) is 11.8. The molecule has 1 aromatic carbocycles. The number of pyridine rings is 1. The molecule has 0 aliphatic carbocycles. The van der Waals surface area contributed by atoms with Crippen molar-refractivity contribution in [3.63, 3.8) is 0 Å². The number of halogens is 6. The number of nitrogens with zero attached hydrogens (tertiary/aromatic N) is 3. The summed E-state index contributed by atoms with van der Waals surface area (Å²) in [5, 5.41) is 14.2. The smallest absolute Gasteiger partial charge is 0.481 e. The number of alkyl halides is 6. The molecular formula is C26H31F6N3O7S. The molecule has 1 aromatic heterocycles. The number of hydrogen-bond donors (Lipinski definition) is 2. The Labute approximate surface area is 243 Å². The van der Waals surface area contributed by atoms with Gasteiger partial charge in [0.15, 0.2) is 0 Å². The molecule has 0 bridgehead atoms. The van der Waals surface area contributed by atoms with Gasteiger partial charge in [-0.05, 0) is 36.5 Å². The number of para-hydroxylation sites is 1. The van der Waals surface area contributed by atoms with Crippen molar-refractivity contribution in [3.8, 4) is 5.88 Å². The van der Waals surface area contributed by atoms with Crippen LogP contribution in [-0.2, 0) is 30.9 Å². The minimum atomic E-state index is -5.08. The molecule has 2 aliphatic rings. The molecule has 1 spiro atoms. The minimum Gasteiger partial charge on any atom is -0.481 e. The molecule has 2 N–H and O–H groups in total. The van der Waals surface area contributed by atoms with Gasteiger partial charge in [-0.2, -0.15) is 26.3 Å². The van der Waals surface area contributed by atoms with Gasteiger partial charge in [0.05, 0.1) is 12.8 Å². The predicted molar refractivity (Wildman–Crippen MR) is 142 cm³/mol. The summed E-state index contributed by atoms with van der Waals surface area (Å²) >= 11 is 0. The highest BCUT2D eigenvalue weighted by molar-refractivity contribution is 7.94. The summed E-state index contributed by atoms with van der Waals surface area (Å²) in [5.41, 5.74) is 2.87. The van der Waals surface area contributed by atoms with Gasteiger partial charge in [-0.15, -0.1) is 0 Å². The SMILES string of the molecule is COc1ncccc1CN1CCC2(CC1)c1ccccc1N(CC(C)C)S2(=O)=O.O=C(O)C(F)(F)F.O=C(O)C(F)(F)F. The monoisotopic (exact) mass is 643 g/mol. The van der Waals surface area contributed by atoms with Crippen LogP contribution in [0.4, 0.5) is 32.0 Å². The number of sulfonamides is 1. The lowest BCUT2D eigenvalue weighted by atomic mass is 9.87. The largest absolute Gasteiger partial charge is 0.490 e. The Balaban J connectivity index is 0.000000384. The van der Waals surface area contributed by atoms with Crippen LogP contribution in [0.25, 0.3) is 0 Å². The number of carbonyl (C=O) groups is 2. The van der Waals surface area contributed by atoms with E-state index in [4.69, 9.17) is 24.5 Å². The van der Waals surface area contributed by atoms with Crippen LogP contribution in [0.15, 0.2) is 42.6 Å². The van der Waals surface area contributed by atoms with Gasteiger partial charge in [0.1, 0.15) is 4.75 Å². The van der Waals surface area contributed by atoms with Crippen LogP contribution in [-0.4, -0.2) is 79.6 Å². The van der Waals surface area contributed by atoms with Crippen molar-refractivity contribution in [2.75, 3.05) is 31.0 Å². The van der Waals surface area contributed by atoms with Crippen molar-refractivity contribution in [2.24, 2.45) is 5.92 Å². The fraction of sp³-hybridized carbons (Fsp3) is 0.500. The van der Waals surface area contributed by atoms with Crippen molar-refractivity contribution in [1.29, 1.82) is 0 Å². The Morgan fingerprint density at radius 3 is 1.95 bits per heavy atom. The molecule has 43 heavy (non-hydrogen) atoms. The predicted octanol–water partition coefficient (Wildman–Crippen LogP) is 4.65. The van der Waals surface area contributed by atoms with E-state index >= 15 is 0 Å². The van der Waals surface area contributed by atoms with Crippen LogP contribution in [0, 0.1) is 5.92 Å². The molecule has 2 aromatic rings. The number of anilines is 1. The van der Waals surface area contributed by atoms with E-state index in [0.29, 0.717) is 31.8 Å². The Bertz CT molecular complexity index is 1350. The van der Waals surface area contributed by atoms with Crippen LogP contribution in [0.1, 0.15) is 37.8 Å². The van der Waals surface area contributed by atoms with E-state index in [-0.39, 0.29) is 5.92 Å². The number of methoxy groups -OCH3 is 1. The van der Waals surface area contributed by atoms with E-state index in [2.05, 4.69) is 23.7 Å². The van der Waals surface area contributed by atoms with Crippen molar-refractivity contribution < 1.29 is 59.3 Å². The van der Waals surface area contributed by atoms with Crippen molar-refractivity contribution >= 4 is 27.6 Å². The number of piperidine rings is 1. The second kappa shape index (κ2) is 13.8. The first-order valence-corrected chi connectivity index (χ1v) is 14.1. The molecule has 0 amide bonds. The summed E-state index contributed by atoms with van der Waals surface area (Å²) in [6.07, 6.45) is -7.24. The summed E-state index contributed by atoms with van der Waals surface area (Å²) in [5.74, 6) is -4.61. The lowest BCUT2D eigenvalue weighted by molar-refractivity contribution is -0.193. The first kappa shape index (κ1) is 35.6. The van der Waals surface area contributed by atoms with Crippen LogP contribution in [0.5, 0.6) is 5.88 Å². The van der Waals surface area contributed by atoms with Gasteiger partial charge < -0.3 is 14.9 Å². The molecule has 0 unspecified atom stereocenters. The molecule has 240 valence electrons. The number of likely N-dealkylation sites (tertiary alicyclic amines) is 1. The number of fused-ring (bicyclic) bond motifs is 2. The average molecular weight is 644 g/mol. The fourth-order valence-corrected chi connectivity index (χ4v) is 7.14. The summed E-state index contributed by atoms with van der Waals surface area (Å²) < 4.78 is 97.1. The minimum absolute atomic E-state index is 0.270. The van der Waals surface area contributed by atoms with Gasteiger partial charge in [0.2, 0.25) is 15.9 Å². The quantitative estimate of drug-likeness (QED) is 0.446. The van der Waals surface area contributed by atoms with Crippen molar-refractivity contribution in [3.05, 3.63) is 53.7 Å². The van der Waals surface area contributed by atoms with E-state index in [1.54, 1.807) is 17.6 Å². The molecule has 0 radical (unpaired) electrons. The normalized spacial score (nSPS) is 17.3. The zero-order chi connectivity index (χ0) is 32.8. The third kappa shape index (κ3) is 8.49. The van der Waals surface area contributed by atoms with Crippen LogP contribution in [0.3, 0.4) is 0 Å². The Kier molecular flexibility index (Phi) is 11.4. The molecule has 2 aliphatic heterocycles. The number of aliphatic carboxylic acids is 2. The van der Waals surface area contributed by atoms with Gasteiger partial charge in [0.25, 0.3) is 0 Å². The third-order valence-electron chi connectivity index (χ3n) is 6.56. The highest BCUT2D eigenvalue weighted by atomic mass is 32.2. The number of ether oxygens (including phenoxy) is 1. The lowest BCUT2D eigenvalue weighted by Crippen LogP contribution is -2.48. The number of carboxylic acid groups (broad SMARTS) is 2. The van der Waals surface area contributed by atoms with Crippen molar-refractivity contribution in [2.45, 2.75) is 50.3 Å². The standard InChI is InChI=1S/C22H29N3O3S.2C2HF3O2/c1-17(2)15-25-20-9-5-4-8-19(20)22(29(25,26)27)10-13-24(14-11-22)16-18-7-6-12-23-21(18)28-3;2*3-2(4,5)1(6)7/h4-9,12,17H,10-11,13-16H2,1-3H3;2*(H,6,7). The topological polar surface area (TPSA) is 137 Å². The van der Waals surface area contributed by atoms with Gasteiger partial charge in [-0.3, -0.25) is 9.21 Å². The first-order valence-electron chi connectivity index (χ1n) is 12.7. The van der Waals surface area contributed by atoms with E-state index in [9.17, 15) is 34.8 Å². The maximum absolute atomic E-state index is 13.7. The van der Waals surface area contributed by atoms with E-state index < -0.39 is 39.1 Å². The Morgan fingerprint density at radius 2 is 1.49 bits per heavy atom. The Hall–Kier alpha value is -3.60. The first-order chi connectivity index (χ1) is 19.8. The molecule has 0 atom stereocenters. The molecular weight excluding hydrogens is 612 g/mol. The highest BCUT2D eigenvalue weighted by Gasteiger charge is 2.56. The zero-order valence-corrected chi connectivity index (χ0v) is 24.1. The van der Waals surface area contributed by atoms with E-state index in [1.807, 2.05) is 36.4 Å². The van der Waals surface area contributed by atoms with Gasteiger partial charge in [-0.25, -0.2) is 23.0 Å². The molecule has 3 heterocycles. The summed E-state index contributed by atoms with van der Waals surface area (Å²) in [7, 11) is -1.82. The fourth-order valence-electron chi connectivity index (χ4n) is 4.65. The maximum Gasteiger partial charge on any atom is 0.490 e. The van der Waals surface area contributed by atoms with E-state index in [0.717, 1.165) is 29.9 Å². The van der Waals surface area contributed by atoms with Gasteiger partial charge >= 0.3 is 24.3 Å². The molecule has 1 saturated heterocycles. The van der Waals surface area contributed by atoms with Crippen LogP contribution in [0.2, 0.25) is 0 Å². The number of benzene rings is 1. The van der Waals surface area contributed by atoms with E-state index in [1.165, 1.54) is 0 Å². The zero-order valence-electron chi connectivity index (χ0n) is 23.3. The molecule has 1 fully saturated rings. The summed E-state index contributed by atoms with van der Waals surface area (Å²) in [4.78, 5) is 24.4. The van der Waals surface area contributed by atoms with Crippen LogP contribution < -0.4 is 9.04 Å². The second-order valence-electron chi connectivity index (χ2n) is 10.00. The van der Waals surface area contributed by atoms with Crippen molar-refractivity contribution in [1.82, 2.24) is 9.88 Å². The number of hydrogen-bond acceptors (Lipinski definition) is 7.